The van der Waals surface area contributed by atoms with Crippen LogP contribution in [-0.2, 0) is 20.7 Å². The second kappa shape index (κ2) is 10.3. The molecule has 0 aliphatic carbocycles. The molecular weight excluding hydrogens is 392 g/mol. The van der Waals surface area contributed by atoms with Crippen LogP contribution in [0.3, 0.4) is 0 Å². The first-order valence-corrected chi connectivity index (χ1v) is 9.76. The van der Waals surface area contributed by atoms with Crippen LogP contribution < -0.4 is 0 Å². The zero-order valence-corrected chi connectivity index (χ0v) is 17.2. The number of rotatable bonds is 8. The first kappa shape index (κ1) is 22.0. The van der Waals surface area contributed by atoms with Gasteiger partial charge in [-0.25, -0.2) is 9.59 Å². The topological polar surface area (TPSA) is 106 Å². The zero-order valence-electron chi connectivity index (χ0n) is 16.4. The maximum Gasteiger partial charge on any atom is 0.348 e. The normalized spacial score (nSPS) is 10.9. The van der Waals surface area contributed by atoms with E-state index in [-0.39, 0.29) is 35.6 Å². The summed E-state index contributed by atoms with van der Waals surface area (Å²) in [7, 11) is 0. The molecule has 0 saturated heterocycles. The first-order chi connectivity index (χ1) is 13.9. The molecule has 0 amide bonds. The van der Waals surface area contributed by atoms with Gasteiger partial charge in [0.15, 0.2) is 5.78 Å². The van der Waals surface area contributed by atoms with Crippen molar-refractivity contribution in [3.8, 4) is 6.07 Å². The molecule has 0 aliphatic heterocycles. The third-order valence-corrected chi connectivity index (χ3v) is 5.19. The number of thiophene rings is 1. The lowest BCUT2D eigenvalue weighted by atomic mass is 10.0. The first-order valence-electron chi connectivity index (χ1n) is 8.94. The molecule has 2 heterocycles. The number of carbonyl (C=O) groups is 3. The van der Waals surface area contributed by atoms with Gasteiger partial charge in [-0.3, -0.25) is 9.78 Å². The fraction of sp³-hybridized carbons (Fsp3) is 0.286. The van der Waals surface area contributed by atoms with E-state index in [0.717, 1.165) is 11.3 Å². The van der Waals surface area contributed by atoms with E-state index in [1.54, 1.807) is 45.3 Å². The smallest absolute Gasteiger partial charge is 0.348 e. The maximum atomic E-state index is 12.7. The SMILES string of the molecule is CCOC(=O)c1sc(CC(=O)/C(C#N)=C/c2ccncc2)c(C(=O)OCC)c1C. The van der Waals surface area contributed by atoms with E-state index in [2.05, 4.69) is 4.98 Å². The van der Waals surface area contributed by atoms with Crippen LogP contribution in [0, 0.1) is 18.3 Å². The number of hydrogen-bond donors (Lipinski definition) is 0. The van der Waals surface area contributed by atoms with Gasteiger partial charge in [0, 0.05) is 23.7 Å². The van der Waals surface area contributed by atoms with Crippen molar-refractivity contribution >= 4 is 35.1 Å². The number of ketones is 1. The van der Waals surface area contributed by atoms with Crippen molar-refractivity contribution in [3.05, 3.63) is 56.5 Å². The van der Waals surface area contributed by atoms with E-state index < -0.39 is 17.7 Å². The molecule has 0 unspecified atom stereocenters. The van der Waals surface area contributed by atoms with Crippen molar-refractivity contribution < 1.29 is 23.9 Å². The van der Waals surface area contributed by atoms with Gasteiger partial charge in [0.25, 0.3) is 0 Å². The number of Topliss-reactive ketones (excluding diaryl/α,β-unsaturated/α-hetero) is 1. The number of esters is 2. The number of pyridine rings is 1. The van der Waals surface area contributed by atoms with Crippen molar-refractivity contribution in [1.29, 1.82) is 5.26 Å². The zero-order chi connectivity index (χ0) is 21.4. The Bertz CT molecular complexity index is 986. The van der Waals surface area contributed by atoms with Crippen molar-refractivity contribution in [1.82, 2.24) is 4.98 Å². The van der Waals surface area contributed by atoms with Gasteiger partial charge in [-0.1, -0.05) is 0 Å². The minimum atomic E-state index is -0.615. The second-order valence-electron chi connectivity index (χ2n) is 5.85. The Morgan fingerprint density at radius 2 is 1.76 bits per heavy atom. The number of ether oxygens (including phenoxy) is 2. The van der Waals surface area contributed by atoms with Crippen molar-refractivity contribution in [2.45, 2.75) is 27.2 Å². The van der Waals surface area contributed by atoms with Crippen LogP contribution >= 0.6 is 11.3 Å². The van der Waals surface area contributed by atoms with Gasteiger partial charge in [0.05, 0.1) is 24.4 Å². The van der Waals surface area contributed by atoms with E-state index in [1.165, 1.54) is 6.08 Å². The molecule has 8 heteroatoms. The molecule has 2 rings (SSSR count). The molecule has 0 spiro atoms. The van der Waals surface area contributed by atoms with Gasteiger partial charge in [-0.15, -0.1) is 11.3 Å². The number of nitriles is 1. The predicted molar refractivity (Wildman–Crippen MR) is 108 cm³/mol. The van der Waals surface area contributed by atoms with Crippen molar-refractivity contribution in [2.75, 3.05) is 13.2 Å². The molecule has 0 bridgehead atoms. The summed E-state index contributed by atoms with van der Waals surface area (Å²) >= 11 is 1.01. The summed E-state index contributed by atoms with van der Waals surface area (Å²) < 4.78 is 10.1. The van der Waals surface area contributed by atoms with Crippen LogP contribution in [0.1, 0.15) is 49.9 Å². The van der Waals surface area contributed by atoms with Crippen molar-refractivity contribution in [3.63, 3.8) is 0 Å². The fourth-order valence-electron chi connectivity index (χ4n) is 2.60. The second-order valence-corrected chi connectivity index (χ2v) is 6.95. The Labute approximate surface area is 172 Å². The van der Waals surface area contributed by atoms with E-state index in [4.69, 9.17) is 9.47 Å². The van der Waals surface area contributed by atoms with Crippen LogP contribution in [0.2, 0.25) is 0 Å². The number of hydrogen-bond acceptors (Lipinski definition) is 8. The lowest BCUT2D eigenvalue weighted by Crippen LogP contribution is -2.12. The molecule has 150 valence electrons. The highest BCUT2D eigenvalue weighted by molar-refractivity contribution is 7.14. The Morgan fingerprint density at radius 1 is 1.14 bits per heavy atom. The Kier molecular flexibility index (Phi) is 7.80. The summed E-state index contributed by atoms with van der Waals surface area (Å²) in [6, 6.07) is 5.24. The lowest BCUT2D eigenvalue weighted by Gasteiger charge is -2.05. The summed E-state index contributed by atoms with van der Waals surface area (Å²) in [6.45, 7) is 5.30. The maximum absolute atomic E-state index is 12.7. The van der Waals surface area contributed by atoms with E-state index in [9.17, 15) is 19.6 Å². The summed E-state index contributed by atoms with van der Waals surface area (Å²) in [5, 5.41) is 9.40. The minimum Gasteiger partial charge on any atom is -0.462 e. The minimum absolute atomic E-state index is 0.0604. The molecule has 0 aromatic carbocycles. The molecule has 0 saturated carbocycles. The van der Waals surface area contributed by atoms with Crippen molar-refractivity contribution in [2.24, 2.45) is 0 Å². The molecule has 29 heavy (non-hydrogen) atoms. The standard InChI is InChI=1S/C21H20N2O5S/c1-4-27-20(25)18-13(3)19(21(26)28-5-2)29-17(18)11-16(24)15(12-22)10-14-6-8-23-9-7-14/h6-10H,4-5,11H2,1-3H3/b15-10+. The third-order valence-electron chi connectivity index (χ3n) is 3.92. The van der Waals surface area contributed by atoms with Gasteiger partial charge < -0.3 is 9.47 Å². The monoisotopic (exact) mass is 412 g/mol. The highest BCUT2D eigenvalue weighted by atomic mass is 32.1. The van der Waals surface area contributed by atoms with E-state index in [0.29, 0.717) is 16.0 Å². The molecule has 0 atom stereocenters. The number of aromatic nitrogens is 1. The Hall–Kier alpha value is -3.31. The van der Waals surface area contributed by atoms with Crippen LogP contribution in [0.25, 0.3) is 6.08 Å². The molecule has 0 N–H and O–H groups in total. The summed E-state index contributed by atoms with van der Waals surface area (Å²) in [5.41, 5.74) is 1.18. The lowest BCUT2D eigenvalue weighted by molar-refractivity contribution is -0.114. The van der Waals surface area contributed by atoms with Crippen LogP contribution in [0.4, 0.5) is 0 Å². The van der Waals surface area contributed by atoms with Crippen LogP contribution in [0.15, 0.2) is 30.1 Å². The van der Waals surface area contributed by atoms with Gasteiger partial charge >= 0.3 is 11.9 Å². The quantitative estimate of drug-likeness (QED) is 0.371. The van der Waals surface area contributed by atoms with E-state index >= 15 is 0 Å². The number of nitrogens with zero attached hydrogens (tertiary/aromatic N) is 2. The average Bonchev–Trinajstić information content (AvgIpc) is 3.03. The van der Waals surface area contributed by atoms with E-state index in [1.807, 2.05) is 6.07 Å². The molecule has 2 aromatic rings. The Morgan fingerprint density at radius 3 is 2.34 bits per heavy atom. The van der Waals surface area contributed by atoms with Gasteiger partial charge in [-0.2, -0.15) is 5.26 Å². The molecule has 0 fully saturated rings. The molecule has 2 aromatic heterocycles. The molecule has 0 radical (unpaired) electrons. The average molecular weight is 412 g/mol. The number of allylic oxidation sites excluding steroid dienone is 1. The largest absolute Gasteiger partial charge is 0.462 e. The van der Waals surface area contributed by atoms with Gasteiger partial charge in [0.1, 0.15) is 10.9 Å². The van der Waals surface area contributed by atoms with Gasteiger partial charge in [0.2, 0.25) is 0 Å². The molecular formula is C21H20N2O5S. The van der Waals surface area contributed by atoms with Gasteiger partial charge in [-0.05, 0) is 50.1 Å². The predicted octanol–water partition coefficient (Wildman–Crippen LogP) is 3.52. The highest BCUT2D eigenvalue weighted by Crippen LogP contribution is 2.31. The summed E-state index contributed by atoms with van der Waals surface area (Å²) in [6.07, 6.45) is 4.36. The molecule has 7 nitrogen and oxygen atoms in total. The third kappa shape index (κ3) is 5.36. The number of carbonyl (C=O) groups excluding carboxylic acids is 3. The summed E-state index contributed by atoms with van der Waals surface area (Å²) in [5.74, 6) is -1.64. The van der Waals surface area contributed by atoms with Crippen LogP contribution in [0.5, 0.6) is 0 Å². The molecule has 0 aliphatic rings. The highest BCUT2D eigenvalue weighted by Gasteiger charge is 2.27. The fourth-order valence-corrected chi connectivity index (χ4v) is 3.79. The Balaban J connectivity index is 2.42. The van der Waals surface area contributed by atoms with Crippen LogP contribution in [-0.4, -0.2) is 35.9 Å². The summed E-state index contributed by atoms with van der Waals surface area (Å²) in [4.78, 5) is 41.9.